The van der Waals surface area contributed by atoms with Crippen molar-refractivity contribution < 1.29 is 5.11 Å². The van der Waals surface area contributed by atoms with Crippen molar-refractivity contribution in [2.24, 2.45) is 10.7 Å². The number of amidine groups is 1. The Bertz CT molecular complexity index is 951. The first-order chi connectivity index (χ1) is 12.0. The highest BCUT2D eigenvalue weighted by Crippen LogP contribution is 2.21. The predicted octanol–water partition coefficient (Wildman–Crippen LogP) is 2.81. The highest BCUT2D eigenvalue weighted by Gasteiger charge is 2.11. The molecule has 6 heteroatoms. The van der Waals surface area contributed by atoms with Crippen LogP contribution in [-0.4, -0.2) is 20.9 Å². The SMILES string of the molecule is C=C(N=C(N)c1nc(-c2ccccc2)cnc1N)c1cccc(O)c1. The van der Waals surface area contributed by atoms with Crippen LogP contribution in [0.5, 0.6) is 5.75 Å². The predicted molar refractivity (Wildman–Crippen MR) is 99.7 cm³/mol. The Balaban J connectivity index is 1.96. The molecule has 1 heterocycles. The number of anilines is 1. The summed E-state index contributed by atoms with van der Waals surface area (Å²) in [5.74, 6) is 0.415. The van der Waals surface area contributed by atoms with Gasteiger partial charge >= 0.3 is 0 Å². The van der Waals surface area contributed by atoms with Crippen molar-refractivity contribution in [2.45, 2.75) is 0 Å². The molecule has 1 aromatic heterocycles. The van der Waals surface area contributed by atoms with Crippen LogP contribution in [0.2, 0.25) is 0 Å². The van der Waals surface area contributed by atoms with Gasteiger partial charge in [0.1, 0.15) is 11.4 Å². The van der Waals surface area contributed by atoms with Crippen molar-refractivity contribution >= 4 is 17.4 Å². The molecule has 3 aromatic rings. The van der Waals surface area contributed by atoms with Gasteiger partial charge in [-0.05, 0) is 12.1 Å². The van der Waals surface area contributed by atoms with Gasteiger partial charge in [0.05, 0.1) is 17.6 Å². The standard InChI is InChI=1S/C19H17N5O/c1-12(14-8-5-9-15(25)10-14)23-19(21)17-18(20)22-11-16(24-17)13-6-3-2-4-7-13/h2-11,25H,1H2,(H2,20,22)(H2,21,23). The largest absolute Gasteiger partial charge is 0.508 e. The maximum Gasteiger partial charge on any atom is 0.153 e. The molecule has 0 fully saturated rings. The number of benzene rings is 2. The third-order valence-corrected chi connectivity index (χ3v) is 3.55. The molecule has 25 heavy (non-hydrogen) atoms. The summed E-state index contributed by atoms with van der Waals surface area (Å²) in [4.78, 5) is 12.9. The van der Waals surface area contributed by atoms with Crippen molar-refractivity contribution in [1.82, 2.24) is 9.97 Å². The third-order valence-electron chi connectivity index (χ3n) is 3.55. The van der Waals surface area contributed by atoms with Crippen molar-refractivity contribution in [2.75, 3.05) is 5.73 Å². The molecule has 0 bridgehead atoms. The zero-order chi connectivity index (χ0) is 17.8. The van der Waals surface area contributed by atoms with Gasteiger partial charge in [-0.1, -0.05) is 49.0 Å². The fourth-order valence-corrected chi connectivity index (χ4v) is 2.28. The van der Waals surface area contributed by atoms with Gasteiger partial charge in [0.15, 0.2) is 11.7 Å². The van der Waals surface area contributed by atoms with E-state index in [1.165, 1.54) is 0 Å². The summed E-state index contributed by atoms with van der Waals surface area (Å²) >= 11 is 0. The second-order valence-electron chi connectivity index (χ2n) is 5.35. The lowest BCUT2D eigenvalue weighted by Gasteiger charge is -2.08. The summed E-state index contributed by atoms with van der Waals surface area (Å²) in [5.41, 5.74) is 14.8. The van der Waals surface area contributed by atoms with Gasteiger partial charge in [0, 0.05) is 11.1 Å². The average Bonchev–Trinajstić information content (AvgIpc) is 2.62. The van der Waals surface area contributed by atoms with E-state index in [-0.39, 0.29) is 17.4 Å². The number of hydrogen-bond acceptors (Lipinski definition) is 5. The number of nitrogens with two attached hydrogens (primary N) is 2. The quantitative estimate of drug-likeness (QED) is 0.503. The second-order valence-corrected chi connectivity index (χ2v) is 5.35. The minimum Gasteiger partial charge on any atom is -0.508 e. The van der Waals surface area contributed by atoms with E-state index < -0.39 is 0 Å². The first-order valence-corrected chi connectivity index (χ1v) is 7.55. The Labute approximate surface area is 145 Å². The molecular weight excluding hydrogens is 314 g/mol. The Hall–Kier alpha value is -3.67. The van der Waals surface area contributed by atoms with Crippen molar-refractivity contribution in [3.05, 3.63) is 78.6 Å². The highest BCUT2D eigenvalue weighted by atomic mass is 16.3. The van der Waals surface area contributed by atoms with Gasteiger partial charge < -0.3 is 16.6 Å². The lowest BCUT2D eigenvalue weighted by atomic mass is 10.1. The Morgan fingerprint density at radius 1 is 1.08 bits per heavy atom. The van der Waals surface area contributed by atoms with Gasteiger partial charge in [-0.25, -0.2) is 15.0 Å². The van der Waals surface area contributed by atoms with Gasteiger partial charge in [-0.2, -0.15) is 0 Å². The smallest absolute Gasteiger partial charge is 0.153 e. The monoisotopic (exact) mass is 331 g/mol. The molecule has 0 atom stereocenters. The summed E-state index contributed by atoms with van der Waals surface area (Å²) in [6.07, 6.45) is 1.59. The van der Waals surface area contributed by atoms with Crippen LogP contribution in [0.4, 0.5) is 5.82 Å². The maximum absolute atomic E-state index is 9.56. The zero-order valence-corrected chi connectivity index (χ0v) is 13.4. The summed E-state index contributed by atoms with van der Waals surface area (Å²) in [6, 6.07) is 16.2. The summed E-state index contributed by atoms with van der Waals surface area (Å²) in [5, 5.41) is 9.56. The first-order valence-electron chi connectivity index (χ1n) is 7.55. The lowest BCUT2D eigenvalue weighted by Crippen LogP contribution is -2.18. The molecular formula is C19H17N5O. The molecule has 0 aliphatic carbocycles. The highest BCUT2D eigenvalue weighted by molar-refractivity contribution is 6.02. The van der Waals surface area contributed by atoms with Gasteiger partial charge in [-0.3, -0.25) is 0 Å². The summed E-state index contributed by atoms with van der Waals surface area (Å²) in [7, 11) is 0. The molecule has 2 aromatic carbocycles. The Morgan fingerprint density at radius 2 is 1.84 bits per heavy atom. The first kappa shape index (κ1) is 16.2. The van der Waals surface area contributed by atoms with Crippen LogP contribution in [0.3, 0.4) is 0 Å². The average molecular weight is 331 g/mol. The van der Waals surface area contributed by atoms with Crippen molar-refractivity contribution in [3.8, 4) is 17.0 Å². The van der Waals surface area contributed by atoms with Gasteiger partial charge in [0.2, 0.25) is 0 Å². The number of aromatic nitrogens is 2. The van der Waals surface area contributed by atoms with E-state index in [1.54, 1.807) is 30.5 Å². The molecule has 0 radical (unpaired) electrons. The number of hydrogen-bond donors (Lipinski definition) is 3. The molecule has 124 valence electrons. The van der Waals surface area contributed by atoms with Gasteiger partial charge in [0.25, 0.3) is 0 Å². The number of aromatic hydroxyl groups is 1. The second kappa shape index (κ2) is 6.84. The van der Waals surface area contributed by atoms with Crippen LogP contribution >= 0.6 is 0 Å². The molecule has 0 saturated carbocycles. The maximum atomic E-state index is 9.56. The third kappa shape index (κ3) is 3.64. The minimum atomic E-state index is 0.108. The zero-order valence-electron chi connectivity index (χ0n) is 13.4. The molecule has 0 unspecified atom stereocenters. The molecule has 0 aliphatic rings. The Morgan fingerprint density at radius 3 is 2.56 bits per heavy atom. The molecule has 0 aliphatic heterocycles. The number of phenolic OH excluding ortho intramolecular Hbond substituents is 1. The summed E-state index contributed by atoms with van der Waals surface area (Å²) < 4.78 is 0. The molecule has 0 saturated heterocycles. The van der Waals surface area contributed by atoms with Crippen LogP contribution in [0.15, 0.2) is 72.4 Å². The number of phenols is 1. The molecule has 5 N–H and O–H groups in total. The van der Waals surface area contributed by atoms with E-state index in [1.807, 2.05) is 30.3 Å². The van der Waals surface area contributed by atoms with E-state index >= 15 is 0 Å². The van der Waals surface area contributed by atoms with Crippen molar-refractivity contribution in [3.63, 3.8) is 0 Å². The molecule has 3 rings (SSSR count). The minimum absolute atomic E-state index is 0.108. The number of rotatable bonds is 4. The molecule has 0 spiro atoms. The number of nitrogen functional groups attached to an aromatic ring is 1. The fraction of sp³-hybridized carbons (Fsp3) is 0. The fourth-order valence-electron chi connectivity index (χ4n) is 2.28. The summed E-state index contributed by atoms with van der Waals surface area (Å²) in [6.45, 7) is 3.87. The Kier molecular flexibility index (Phi) is 4.43. The lowest BCUT2D eigenvalue weighted by molar-refractivity contribution is 0.475. The molecule has 0 amide bonds. The van der Waals surface area contributed by atoms with E-state index in [0.29, 0.717) is 22.6 Å². The van der Waals surface area contributed by atoms with E-state index in [2.05, 4.69) is 21.5 Å². The van der Waals surface area contributed by atoms with Gasteiger partial charge in [-0.15, -0.1) is 0 Å². The van der Waals surface area contributed by atoms with Crippen LogP contribution in [-0.2, 0) is 0 Å². The van der Waals surface area contributed by atoms with E-state index in [0.717, 1.165) is 5.56 Å². The van der Waals surface area contributed by atoms with Crippen LogP contribution < -0.4 is 11.5 Å². The van der Waals surface area contributed by atoms with Crippen molar-refractivity contribution in [1.29, 1.82) is 0 Å². The normalized spacial score (nSPS) is 11.3. The van der Waals surface area contributed by atoms with E-state index in [9.17, 15) is 5.11 Å². The topological polar surface area (TPSA) is 110 Å². The number of nitrogens with zero attached hydrogens (tertiary/aromatic N) is 3. The van der Waals surface area contributed by atoms with E-state index in [4.69, 9.17) is 11.5 Å². The molecule has 6 nitrogen and oxygen atoms in total. The van der Waals surface area contributed by atoms with Crippen LogP contribution in [0, 0.1) is 0 Å². The number of aliphatic imine (C=N–C) groups is 1. The van der Waals surface area contributed by atoms with Crippen LogP contribution in [0.1, 0.15) is 11.3 Å². The van der Waals surface area contributed by atoms with Crippen LogP contribution in [0.25, 0.3) is 17.0 Å².